The molecule has 0 saturated heterocycles. The summed E-state index contributed by atoms with van der Waals surface area (Å²) in [7, 11) is 0. The number of aromatic nitrogens is 1. The minimum absolute atomic E-state index is 0.00123. The zero-order chi connectivity index (χ0) is 17.4. The van der Waals surface area contributed by atoms with E-state index in [0.29, 0.717) is 23.0 Å². The van der Waals surface area contributed by atoms with Crippen LogP contribution in [0.4, 0.5) is 0 Å². The third-order valence-electron chi connectivity index (χ3n) is 4.96. The Hall–Kier alpha value is -2.63. The van der Waals surface area contributed by atoms with Gasteiger partial charge in [0.05, 0.1) is 11.6 Å². The molecule has 1 aromatic heterocycles. The first-order valence-electron chi connectivity index (χ1n) is 8.47. The maximum Gasteiger partial charge on any atom is 0.248 e. The maximum atomic E-state index is 11.5. The molecule has 4 rings (SSSR count). The molecule has 5 heteroatoms. The standard InChI is InChI=1S/C20H20N2O3/c23-17-9-6-14(15-7-10-19(25)22-20(15)17)18(24)11-21-16-8-5-12-3-1-2-4-13(12)16/h1-4,6-7,9-10,16,18,21,23-24H,5,8,11H2,(H,22,25)/t16-,18?/m1/s1. The number of pyridine rings is 1. The van der Waals surface area contributed by atoms with Crippen LogP contribution in [0.3, 0.4) is 0 Å². The van der Waals surface area contributed by atoms with Crippen molar-refractivity contribution >= 4 is 10.9 Å². The molecule has 25 heavy (non-hydrogen) atoms. The second-order valence-corrected chi connectivity index (χ2v) is 6.50. The van der Waals surface area contributed by atoms with Gasteiger partial charge in [0.1, 0.15) is 5.75 Å². The number of aromatic amines is 1. The van der Waals surface area contributed by atoms with Crippen molar-refractivity contribution in [3.63, 3.8) is 0 Å². The van der Waals surface area contributed by atoms with Crippen molar-refractivity contribution in [3.05, 3.63) is 75.6 Å². The van der Waals surface area contributed by atoms with E-state index >= 15 is 0 Å². The number of aromatic hydroxyl groups is 1. The van der Waals surface area contributed by atoms with Crippen LogP contribution in [0.25, 0.3) is 10.9 Å². The van der Waals surface area contributed by atoms with Crippen molar-refractivity contribution in [1.29, 1.82) is 0 Å². The molecule has 4 N–H and O–H groups in total. The van der Waals surface area contributed by atoms with Gasteiger partial charge < -0.3 is 20.5 Å². The number of phenols is 1. The highest BCUT2D eigenvalue weighted by Gasteiger charge is 2.23. The van der Waals surface area contributed by atoms with E-state index in [-0.39, 0.29) is 17.4 Å². The lowest BCUT2D eigenvalue weighted by Gasteiger charge is -2.19. The molecule has 5 nitrogen and oxygen atoms in total. The van der Waals surface area contributed by atoms with Crippen LogP contribution >= 0.6 is 0 Å². The second-order valence-electron chi connectivity index (χ2n) is 6.50. The molecule has 0 bridgehead atoms. The topological polar surface area (TPSA) is 85.3 Å². The van der Waals surface area contributed by atoms with Crippen molar-refractivity contribution in [1.82, 2.24) is 10.3 Å². The molecular formula is C20H20N2O3. The number of nitrogens with one attached hydrogen (secondary N) is 2. The monoisotopic (exact) mass is 336 g/mol. The number of hydrogen-bond donors (Lipinski definition) is 4. The minimum atomic E-state index is -0.734. The van der Waals surface area contributed by atoms with E-state index in [0.717, 1.165) is 12.8 Å². The quantitative estimate of drug-likeness (QED) is 0.590. The molecule has 128 valence electrons. The van der Waals surface area contributed by atoms with Gasteiger partial charge in [-0.1, -0.05) is 30.3 Å². The Morgan fingerprint density at radius 1 is 1.16 bits per heavy atom. The molecule has 1 aliphatic carbocycles. The molecular weight excluding hydrogens is 316 g/mol. The molecule has 2 aromatic carbocycles. The normalized spacial score (nSPS) is 17.6. The predicted molar refractivity (Wildman–Crippen MR) is 96.7 cm³/mol. The molecule has 1 unspecified atom stereocenters. The van der Waals surface area contributed by atoms with Crippen LogP contribution in [0.2, 0.25) is 0 Å². The molecule has 0 radical (unpaired) electrons. The first-order chi connectivity index (χ1) is 12.1. The lowest BCUT2D eigenvalue weighted by Crippen LogP contribution is -2.25. The van der Waals surface area contributed by atoms with E-state index in [1.165, 1.54) is 23.3 Å². The highest BCUT2D eigenvalue weighted by atomic mass is 16.3. The van der Waals surface area contributed by atoms with Gasteiger partial charge >= 0.3 is 0 Å². The van der Waals surface area contributed by atoms with Crippen LogP contribution in [0, 0.1) is 0 Å². The molecule has 1 heterocycles. The van der Waals surface area contributed by atoms with Gasteiger partial charge in [0, 0.05) is 24.0 Å². The van der Waals surface area contributed by atoms with E-state index in [4.69, 9.17) is 0 Å². The average Bonchev–Trinajstić information content (AvgIpc) is 3.04. The first kappa shape index (κ1) is 15.9. The highest BCUT2D eigenvalue weighted by Crippen LogP contribution is 2.32. The SMILES string of the molecule is O=c1ccc2c(C(O)CN[C@@H]3CCc4ccccc43)ccc(O)c2[nH]1. The number of hydrogen-bond acceptors (Lipinski definition) is 4. The summed E-state index contributed by atoms with van der Waals surface area (Å²) in [6.45, 7) is 0.401. The van der Waals surface area contributed by atoms with Gasteiger partial charge in [-0.25, -0.2) is 0 Å². The summed E-state index contributed by atoms with van der Waals surface area (Å²) in [5.41, 5.74) is 3.42. The van der Waals surface area contributed by atoms with E-state index < -0.39 is 6.10 Å². The highest BCUT2D eigenvalue weighted by molar-refractivity contribution is 5.87. The summed E-state index contributed by atoms with van der Waals surface area (Å²) in [6.07, 6.45) is 1.34. The summed E-state index contributed by atoms with van der Waals surface area (Å²) < 4.78 is 0. The number of phenolic OH excluding ortho intramolecular Hbond substituents is 1. The number of H-pyrrole nitrogens is 1. The number of fused-ring (bicyclic) bond motifs is 2. The second kappa shape index (κ2) is 6.35. The Morgan fingerprint density at radius 3 is 2.88 bits per heavy atom. The summed E-state index contributed by atoms with van der Waals surface area (Å²) >= 11 is 0. The predicted octanol–water partition coefficient (Wildman–Crippen LogP) is 2.54. The van der Waals surface area contributed by atoms with Crippen LogP contribution in [0.5, 0.6) is 5.75 Å². The van der Waals surface area contributed by atoms with Gasteiger partial charge in [-0.2, -0.15) is 0 Å². The molecule has 0 saturated carbocycles. The molecule has 1 aliphatic rings. The van der Waals surface area contributed by atoms with Crippen molar-refractivity contribution in [2.45, 2.75) is 25.0 Å². The van der Waals surface area contributed by atoms with Gasteiger partial charge in [0.25, 0.3) is 0 Å². The summed E-state index contributed by atoms with van der Waals surface area (Å²) in [6, 6.07) is 14.9. The van der Waals surface area contributed by atoms with Crippen LogP contribution in [0.1, 0.15) is 35.3 Å². The summed E-state index contributed by atoms with van der Waals surface area (Å²) in [5.74, 6) is 0.00123. The molecule has 3 aromatic rings. The summed E-state index contributed by atoms with van der Waals surface area (Å²) in [5, 5.41) is 24.7. The Morgan fingerprint density at radius 2 is 2.00 bits per heavy atom. The fraction of sp³-hybridized carbons (Fsp3) is 0.250. The smallest absolute Gasteiger partial charge is 0.248 e. The number of benzene rings is 2. The number of aryl methyl sites for hydroxylation is 1. The molecule has 2 atom stereocenters. The zero-order valence-corrected chi connectivity index (χ0v) is 13.7. The Labute approximate surface area is 145 Å². The number of rotatable bonds is 4. The molecule has 0 fully saturated rings. The first-order valence-corrected chi connectivity index (χ1v) is 8.47. The largest absolute Gasteiger partial charge is 0.506 e. The number of aliphatic hydroxyl groups is 1. The van der Waals surface area contributed by atoms with Gasteiger partial charge in [-0.15, -0.1) is 0 Å². The number of aliphatic hydroxyl groups excluding tert-OH is 1. The van der Waals surface area contributed by atoms with Gasteiger partial charge in [0.15, 0.2) is 0 Å². The lowest BCUT2D eigenvalue weighted by molar-refractivity contribution is 0.171. The Kier molecular flexibility index (Phi) is 4.03. The van der Waals surface area contributed by atoms with E-state index in [1.807, 2.05) is 6.07 Å². The minimum Gasteiger partial charge on any atom is -0.506 e. The molecule has 0 aliphatic heterocycles. The summed E-state index contributed by atoms with van der Waals surface area (Å²) in [4.78, 5) is 14.1. The van der Waals surface area contributed by atoms with Crippen LogP contribution in [-0.2, 0) is 6.42 Å². The average molecular weight is 336 g/mol. The lowest BCUT2D eigenvalue weighted by atomic mass is 10.0. The van der Waals surface area contributed by atoms with Crippen molar-refractivity contribution < 1.29 is 10.2 Å². The van der Waals surface area contributed by atoms with Crippen molar-refractivity contribution in [3.8, 4) is 5.75 Å². The van der Waals surface area contributed by atoms with Crippen LogP contribution in [-0.4, -0.2) is 21.7 Å². The van der Waals surface area contributed by atoms with Gasteiger partial charge in [-0.3, -0.25) is 4.79 Å². The van der Waals surface area contributed by atoms with E-state index in [9.17, 15) is 15.0 Å². The fourth-order valence-electron chi connectivity index (χ4n) is 3.68. The van der Waals surface area contributed by atoms with Crippen molar-refractivity contribution in [2.75, 3.05) is 6.54 Å². The third kappa shape index (κ3) is 2.92. The molecule has 0 amide bonds. The fourth-order valence-corrected chi connectivity index (χ4v) is 3.68. The van der Waals surface area contributed by atoms with Crippen molar-refractivity contribution in [2.24, 2.45) is 0 Å². The van der Waals surface area contributed by atoms with E-state index in [2.05, 4.69) is 28.5 Å². The van der Waals surface area contributed by atoms with E-state index in [1.54, 1.807) is 12.1 Å². The zero-order valence-electron chi connectivity index (χ0n) is 13.7. The molecule has 0 spiro atoms. The van der Waals surface area contributed by atoms with Gasteiger partial charge in [0.2, 0.25) is 5.56 Å². The maximum absolute atomic E-state index is 11.5. The van der Waals surface area contributed by atoms with Crippen LogP contribution < -0.4 is 10.9 Å². The Bertz CT molecular complexity index is 980. The Balaban J connectivity index is 1.56. The third-order valence-corrected chi connectivity index (χ3v) is 4.96. The van der Waals surface area contributed by atoms with Crippen LogP contribution in [0.15, 0.2) is 53.3 Å². The van der Waals surface area contributed by atoms with Gasteiger partial charge in [-0.05, 0) is 41.7 Å².